The summed E-state index contributed by atoms with van der Waals surface area (Å²) >= 11 is 1.61. The Morgan fingerprint density at radius 1 is 1.38 bits per heavy atom. The van der Waals surface area contributed by atoms with Crippen LogP contribution >= 0.6 is 11.3 Å². The summed E-state index contributed by atoms with van der Waals surface area (Å²) in [7, 11) is 0. The first-order chi connectivity index (χ1) is 7.66. The van der Waals surface area contributed by atoms with E-state index in [1.807, 2.05) is 11.6 Å². The number of benzene rings is 1. The van der Waals surface area contributed by atoms with Crippen LogP contribution < -0.4 is 5.32 Å². The zero-order chi connectivity index (χ0) is 11.5. The van der Waals surface area contributed by atoms with Crippen LogP contribution in [0.3, 0.4) is 0 Å². The molecule has 3 heteroatoms. The van der Waals surface area contributed by atoms with Gasteiger partial charge < -0.3 is 5.32 Å². The molecule has 2 nitrogen and oxygen atoms in total. The standard InChI is InChI=1S/C13H16N2S.H2/c1-9(2)12-8-11(5-4-10(12)3)15-13-14-6-7-16-13;/h4-9H,1-3H3,(H,14,15);1H. The maximum atomic E-state index is 4.22. The Bertz CT molecular complexity index is 466. The zero-order valence-electron chi connectivity index (χ0n) is 9.82. The molecule has 0 saturated heterocycles. The molecule has 0 radical (unpaired) electrons. The van der Waals surface area contributed by atoms with Gasteiger partial charge in [-0.1, -0.05) is 19.9 Å². The predicted molar refractivity (Wildman–Crippen MR) is 72.8 cm³/mol. The summed E-state index contributed by atoms with van der Waals surface area (Å²) in [5.41, 5.74) is 3.85. The smallest absolute Gasteiger partial charge is 0.187 e. The van der Waals surface area contributed by atoms with E-state index in [1.54, 1.807) is 11.3 Å². The van der Waals surface area contributed by atoms with E-state index in [0.717, 1.165) is 10.8 Å². The maximum Gasteiger partial charge on any atom is 0.187 e. The average molecular weight is 234 g/mol. The molecule has 0 amide bonds. The number of anilines is 2. The molecule has 0 aliphatic heterocycles. The van der Waals surface area contributed by atoms with Crippen LogP contribution in [-0.2, 0) is 0 Å². The lowest BCUT2D eigenvalue weighted by atomic mass is 9.97. The van der Waals surface area contributed by atoms with Gasteiger partial charge in [-0.3, -0.25) is 0 Å². The van der Waals surface area contributed by atoms with Gasteiger partial charge in [-0.15, -0.1) is 11.3 Å². The van der Waals surface area contributed by atoms with Gasteiger partial charge in [-0.2, -0.15) is 0 Å². The fourth-order valence-electron chi connectivity index (χ4n) is 1.75. The summed E-state index contributed by atoms with van der Waals surface area (Å²) < 4.78 is 0. The van der Waals surface area contributed by atoms with Crippen LogP contribution in [0, 0.1) is 6.92 Å². The minimum absolute atomic E-state index is 0. The van der Waals surface area contributed by atoms with Crippen molar-refractivity contribution in [2.75, 3.05) is 5.32 Å². The molecule has 2 rings (SSSR count). The second-order valence-corrected chi connectivity index (χ2v) is 5.08. The highest BCUT2D eigenvalue weighted by molar-refractivity contribution is 7.13. The molecule has 0 bridgehead atoms. The molecule has 1 aromatic heterocycles. The summed E-state index contributed by atoms with van der Waals surface area (Å²) in [6, 6.07) is 6.47. The van der Waals surface area contributed by atoms with Crippen molar-refractivity contribution in [1.82, 2.24) is 4.98 Å². The van der Waals surface area contributed by atoms with E-state index in [1.165, 1.54) is 11.1 Å². The third-order valence-corrected chi connectivity index (χ3v) is 3.27. The van der Waals surface area contributed by atoms with Crippen LogP contribution in [0.1, 0.15) is 32.3 Å². The first-order valence-electron chi connectivity index (χ1n) is 5.44. The second kappa shape index (κ2) is 4.66. The zero-order valence-corrected chi connectivity index (χ0v) is 10.6. The minimum atomic E-state index is 0. The van der Waals surface area contributed by atoms with Crippen LogP contribution in [0.25, 0.3) is 0 Å². The Kier molecular flexibility index (Phi) is 3.25. The number of thiazole rings is 1. The van der Waals surface area contributed by atoms with Gasteiger partial charge in [-0.05, 0) is 36.1 Å². The summed E-state index contributed by atoms with van der Waals surface area (Å²) in [5, 5.41) is 6.23. The fourth-order valence-corrected chi connectivity index (χ4v) is 2.30. The monoisotopic (exact) mass is 234 g/mol. The average Bonchev–Trinajstić information content (AvgIpc) is 2.73. The molecule has 0 aliphatic rings. The summed E-state index contributed by atoms with van der Waals surface area (Å²) in [4.78, 5) is 4.22. The molecule has 0 aliphatic carbocycles. The SMILES string of the molecule is Cc1ccc(Nc2nccs2)cc1C(C)C.[HH]. The normalized spacial score (nSPS) is 10.8. The Labute approximate surface area is 102 Å². The first kappa shape index (κ1) is 11.1. The molecule has 1 aromatic carbocycles. The van der Waals surface area contributed by atoms with Crippen molar-refractivity contribution in [3.63, 3.8) is 0 Å². The lowest BCUT2D eigenvalue weighted by Crippen LogP contribution is -1.95. The van der Waals surface area contributed by atoms with E-state index in [0.29, 0.717) is 5.92 Å². The van der Waals surface area contributed by atoms with Crippen LogP contribution in [0.4, 0.5) is 10.8 Å². The topological polar surface area (TPSA) is 24.9 Å². The lowest BCUT2D eigenvalue weighted by molar-refractivity contribution is 0.857. The third-order valence-electron chi connectivity index (χ3n) is 2.58. The molecule has 0 spiro atoms. The molecule has 2 aromatic rings. The highest BCUT2D eigenvalue weighted by Crippen LogP contribution is 2.25. The molecule has 0 saturated carbocycles. The van der Waals surface area contributed by atoms with E-state index in [9.17, 15) is 0 Å². The molecular weight excluding hydrogens is 216 g/mol. The van der Waals surface area contributed by atoms with Gasteiger partial charge in [-0.25, -0.2) is 4.98 Å². The molecular formula is C13H18N2S. The third kappa shape index (κ3) is 2.42. The molecule has 0 fully saturated rings. The number of hydrogen-bond donors (Lipinski definition) is 1. The quantitative estimate of drug-likeness (QED) is 0.841. The van der Waals surface area contributed by atoms with Crippen LogP contribution in [0.5, 0.6) is 0 Å². The molecule has 0 unspecified atom stereocenters. The number of aromatic nitrogens is 1. The van der Waals surface area contributed by atoms with Gasteiger partial charge in [0.2, 0.25) is 0 Å². The predicted octanol–water partition coefficient (Wildman–Crippen LogP) is 4.56. The van der Waals surface area contributed by atoms with Crippen molar-refractivity contribution in [3.8, 4) is 0 Å². The van der Waals surface area contributed by atoms with Gasteiger partial charge in [0.25, 0.3) is 0 Å². The van der Waals surface area contributed by atoms with Gasteiger partial charge in [0.15, 0.2) is 5.13 Å². The van der Waals surface area contributed by atoms with Crippen LogP contribution in [0.15, 0.2) is 29.8 Å². The summed E-state index contributed by atoms with van der Waals surface area (Å²) in [6.45, 7) is 6.59. The molecule has 16 heavy (non-hydrogen) atoms. The minimum Gasteiger partial charge on any atom is -0.332 e. The number of hydrogen-bond acceptors (Lipinski definition) is 3. The lowest BCUT2D eigenvalue weighted by Gasteiger charge is -2.12. The summed E-state index contributed by atoms with van der Waals surface area (Å²) in [5.74, 6) is 0.554. The number of nitrogens with one attached hydrogen (secondary N) is 1. The van der Waals surface area contributed by atoms with Gasteiger partial charge in [0, 0.05) is 18.7 Å². The van der Waals surface area contributed by atoms with E-state index in [2.05, 4.69) is 49.3 Å². The Morgan fingerprint density at radius 2 is 2.19 bits per heavy atom. The van der Waals surface area contributed by atoms with Gasteiger partial charge >= 0.3 is 0 Å². The van der Waals surface area contributed by atoms with Gasteiger partial charge in [0.1, 0.15) is 0 Å². The van der Waals surface area contributed by atoms with Crippen molar-refractivity contribution < 1.29 is 1.43 Å². The van der Waals surface area contributed by atoms with E-state index >= 15 is 0 Å². The van der Waals surface area contributed by atoms with E-state index < -0.39 is 0 Å². The van der Waals surface area contributed by atoms with Crippen molar-refractivity contribution in [1.29, 1.82) is 0 Å². The van der Waals surface area contributed by atoms with Crippen LogP contribution in [-0.4, -0.2) is 4.98 Å². The van der Waals surface area contributed by atoms with Gasteiger partial charge in [0.05, 0.1) is 0 Å². The van der Waals surface area contributed by atoms with Crippen molar-refractivity contribution in [2.45, 2.75) is 26.7 Å². The van der Waals surface area contributed by atoms with Crippen LogP contribution in [0.2, 0.25) is 0 Å². The molecule has 1 heterocycles. The maximum absolute atomic E-state index is 4.22. The molecule has 86 valence electrons. The highest BCUT2D eigenvalue weighted by Gasteiger charge is 2.05. The van der Waals surface area contributed by atoms with Crippen molar-refractivity contribution >= 4 is 22.2 Å². The van der Waals surface area contributed by atoms with Crippen molar-refractivity contribution in [2.24, 2.45) is 0 Å². The number of aryl methyl sites for hydroxylation is 1. The Hall–Kier alpha value is -1.35. The summed E-state index contributed by atoms with van der Waals surface area (Å²) in [6.07, 6.45) is 1.81. The first-order valence-corrected chi connectivity index (χ1v) is 6.32. The molecule has 1 N–H and O–H groups in total. The Morgan fingerprint density at radius 3 is 2.81 bits per heavy atom. The van der Waals surface area contributed by atoms with E-state index in [-0.39, 0.29) is 1.43 Å². The number of nitrogens with zero attached hydrogens (tertiary/aromatic N) is 1. The second-order valence-electron chi connectivity index (χ2n) is 4.19. The fraction of sp³-hybridized carbons (Fsp3) is 0.308. The van der Waals surface area contributed by atoms with E-state index in [4.69, 9.17) is 0 Å². The highest BCUT2D eigenvalue weighted by atomic mass is 32.1. The molecule has 0 atom stereocenters. The largest absolute Gasteiger partial charge is 0.332 e. The van der Waals surface area contributed by atoms with Crippen molar-refractivity contribution in [3.05, 3.63) is 40.9 Å². The number of rotatable bonds is 3. The Balaban J connectivity index is 0.00000144.